The van der Waals surface area contributed by atoms with Crippen LogP contribution in [0.2, 0.25) is 0 Å². The predicted octanol–water partition coefficient (Wildman–Crippen LogP) is 20.0. The molecule has 0 saturated carbocycles. The minimum atomic E-state index is 1.10. The Hall–Kier alpha value is -9.70. The molecular weight excluding hydrogens is 883 g/mol. The molecule has 0 aliphatic rings. The second-order valence-corrected chi connectivity index (χ2v) is 18.6. The quantitative estimate of drug-likeness (QED) is 0.120. The van der Waals surface area contributed by atoms with Crippen LogP contribution in [0.1, 0.15) is 0 Å². The van der Waals surface area contributed by atoms with Crippen molar-refractivity contribution in [3.05, 3.63) is 297 Å². The third-order valence-electron chi connectivity index (χ3n) is 14.1. The highest BCUT2D eigenvalue weighted by Gasteiger charge is 2.19. The second kappa shape index (κ2) is 18.9. The van der Waals surface area contributed by atoms with Crippen LogP contribution in [0.4, 0.5) is 51.2 Å². The molecule has 0 amide bonds. The van der Waals surface area contributed by atoms with Crippen molar-refractivity contribution in [3.8, 4) is 22.3 Å². The van der Waals surface area contributed by atoms with Crippen LogP contribution in [0.15, 0.2) is 297 Å². The number of nitrogens with zero attached hydrogens (tertiary/aromatic N) is 3. The Bertz CT molecular complexity index is 3800. The van der Waals surface area contributed by atoms with E-state index in [1.807, 2.05) is 0 Å². The fraction of sp³-hybridized carbons (Fsp3) is 0. The van der Waals surface area contributed by atoms with Crippen molar-refractivity contribution in [2.75, 3.05) is 14.7 Å². The Kier molecular flexibility index (Phi) is 11.2. The van der Waals surface area contributed by atoms with E-state index in [0.29, 0.717) is 0 Å². The number of fused-ring (bicyclic) bond motifs is 6. The van der Waals surface area contributed by atoms with Gasteiger partial charge in [0.1, 0.15) is 0 Å². The van der Waals surface area contributed by atoms with Crippen LogP contribution in [0.5, 0.6) is 0 Å². The first-order valence-corrected chi connectivity index (χ1v) is 25.0. The summed E-state index contributed by atoms with van der Waals surface area (Å²) in [5, 5.41) is 9.65. The molecule has 0 aliphatic carbocycles. The third kappa shape index (κ3) is 8.39. The molecule has 0 bridgehead atoms. The topological polar surface area (TPSA) is 9.72 Å². The van der Waals surface area contributed by atoms with Gasteiger partial charge in [-0.05, 0) is 175 Å². The van der Waals surface area contributed by atoms with Crippen LogP contribution in [-0.2, 0) is 0 Å². The molecule has 0 aliphatic heterocycles. The zero-order valence-corrected chi connectivity index (χ0v) is 40.1. The van der Waals surface area contributed by atoms with Gasteiger partial charge in [-0.15, -0.1) is 0 Å². The fourth-order valence-electron chi connectivity index (χ4n) is 10.6. The average molecular weight is 932 g/mol. The largest absolute Gasteiger partial charge is 0.310 e. The predicted molar refractivity (Wildman–Crippen MR) is 311 cm³/mol. The maximum Gasteiger partial charge on any atom is 0.0468 e. The molecule has 0 unspecified atom stereocenters. The van der Waals surface area contributed by atoms with Crippen molar-refractivity contribution >= 4 is 94.3 Å². The van der Waals surface area contributed by atoms with Crippen LogP contribution >= 0.6 is 0 Å². The summed E-state index contributed by atoms with van der Waals surface area (Å²) in [5.41, 5.74) is 14.8. The molecule has 0 saturated heterocycles. The van der Waals surface area contributed by atoms with Crippen molar-refractivity contribution in [3.63, 3.8) is 0 Å². The van der Waals surface area contributed by atoms with Crippen LogP contribution in [0.3, 0.4) is 0 Å². The molecule has 13 rings (SSSR count). The molecule has 0 fully saturated rings. The van der Waals surface area contributed by atoms with Gasteiger partial charge in [0.25, 0.3) is 0 Å². The van der Waals surface area contributed by atoms with E-state index in [9.17, 15) is 0 Å². The van der Waals surface area contributed by atoms with Crippen LogP contribution in [0.25, 0.3) is 65.3 Å². The van der Waals surface area contributed by atoms with Gasteiger partial charge in [-0.25, -0.2) is 0 Å². The highest BCUT2D eigenvalue weighted by atomic mass is 15.2. The van der Waals surface area contributed by atoms with Gasteiger partial charge in [0, 0.05) is 51.2 Å². The highest BCUT2D eigenvalue weighted by molar-refractivity contribution is 6.11. The van der Waals surface area contributed by atoms with E-state index < -0.39 is 0 Å². The molecule has 0 aromatic heterocycles. The lowest BCUT2D eigenvalue weighted by Crippen LogP contribution is -2.10. The lowest BCUT2D eigenvalue weighted by Gasteiger charge is -2.27. The molecule has 13 aromatic carbocycles. The van der Waals surface area contributed by atoms with Crippen LogP contribution in [-0.4, -0.2) is 0 Å². The minimum absolute atomic E-state index is 1.10. The summed E-state index contributed by atoms with van der Waals surface area (Å²) in [5.74, 6) is 0. The standard InChI is InChI=1S/C70H49N3/c1-6-16-50(17-7-1)52-30-34-61(35-31-52)71(58-20-10-3-11-21-58)63-38-42-67-54(46-63)26-28-56-48-65(40-44-69(56)67)73(60-24-14-5-15-25-60)66-41-45-70-57(49-66)29-27-55-47-64(39-43-68(55)70)72(59-22-12-4-13-23-59)62-36-32-53(33-37-62)51-18-8-2-9-19-51/h1-49H. The second-order valence-electron chi connectivity index (χ2n) is 18.6. The first-order valence-electron chi connectivity index (χ1n) is 25.0. The number of benzene rings is 13. The van der Waals surface area contributed by atoms with Gasteiger partial charge in [-0.1, -0.05) is 188 Å². The van der Waals surface area contributed by atoms with E-state index in [4.69, 9.17) is 0 Å². The van der Waals surface area contributed by atoms with E-state index in [0.717, 1.165) is 51.2 Å². The molecule has 0 spiro atoms. The summed E-state index contributed by atoms with van der Waals surface area (Å²) in [6.07, 6.45) is 0. The summed E-state index contributed by atoms with van der Waals surface area (Å²) in [6.45, 7) is 0. The zero-order valence-electron chi connectivity index (χ0n) is 40.1. The smallest absolute Gasteiger partial charge is 0.0468 e. The Morgan fingerprint density at radius 3 is 0.630 bits per heavy atom. The molecule has 0 atom stereocenters. The van der Waals surface area contributed by atoms with Crippen molar-refractivity contribution < 1.29 is 0 Å². The van der Waals surface area contributed by atoms with Crippen molar-refractivity contribution in [1.29, 1.82) is 0 Å². The first kappa shape index (κ1) is 43.3. The van der Waals surface area contributed by atoms with Gasteiger partial charge < -0.3 is 14.7 Å². The lowest BCUT2D eigenvalue weighted by molar-refractivity contribution is 1.29. The van der Waals surface area contributed by atoms with Gasteiger partial charge in [0.05, 0.1) is 0 Å². The van der Waals surface area contributed by atoms with Gasteiger partial charge >= 0.3 is 0 Å². The number of hydrogen-bond acceptors (Lipinski definition) is 3. The highest BCUT2D eigenvalue weighted by Crippen LogP contribution is 2.43. The SMILES string of the molecule is c1ccc(-c2ccc(N(c3ccccc3)c3ccc4c(ccc5cc(N(c6ccccc6)c6ccc7c(ccc8cc(N(c9ccccc9)c9ccc(-c%10ccccc%10)cc9)ccc87)c6)ccc54)c3)cc2)cc1. The summed E-state index contributed by atoms with van der Waals surface area (Å²) < 4.78 is 0. The zero-order chi connectivity index (χ0) is 48.5. The molecule has 0 N–H and O–H groups in total. The number of rotatable bonds is 11. The summed E-state index contributed by atoms with van der Waals surface area (Å²) in [7, 11) is 0. The maximum absolute atomic E-state index is 2.38. The third-order valence-corrected chi connectivity index (χ3v) is 14.1. The fourth-order valence-corrected chi connectivity index (χ4v) is 10.6. The van der Waals surface area contributed by atoms with E-state index in [1.54, 1.807) is 0 Å². The van der Waals surface area contributed by atoms with Gasteiger partial charge in [0.2, 0.25) is 0 Å². The summed E-state index contributed by atoms with van der Waals surface area (Å²) >= 11 is 0. The summed E-state index contributed by atoms with van der Waals surface area (Å²) in [4.78, 5) is 7.06. The molecule has 3 nitrogen and oxygen atoms in total. The Labute approximate surface area is 426 Å². The van der Waals surface area contributed by atoms with E-state index in [1.165, 1.54) is 65.3 Å². The van der Waals surface area contributed by atoms with Crippen LogP contribution < -0.4 is 14.7 Å². The summed E-state index contributed by atoms with van der Waals surface area (Å²) in [6, 6.07) is 107. The lowest BCUT2D eigenvalue weighted by atomic mass is 9.99. The van der Waals surface area contributed by atoms with Gasteiger partial charge in [-0.3, -0.25) is 0 Å². The van der Waals surface area contributed by atoms with Crippen molar-refractivity contribution in [2.24, 2.45) is 0 Å². The molecule has 73 heavy (non-hydrogen) atoms. The first-order chi connectivity index (χ1) is 36.2. The maximum atomic E-state index is 2.38. The van der Waals surface area contributed by atoms with Gasteiger partial charge in [-0.2, -0.15) is 0 Å². The molecule has 3 heteroatoms. The number of anilines is 9. The van der Waals surface area contributed by atoms with E-state index in [2.05, 4.69) is 312 Å². The number of hydrogen-bond donors (Lipinski definition) is 0. The Balaban J connectivity index is 0.836. The van der Waals surface area contributed by atoms with E-state index >= 15 is 0 Å². The average Bonchev–Trinajstić information content (AvgIpc) is 3.47. The number of para-hydroxylation sites is 3. The van der Waals surface area contributed by atoms with Crippen molar-refractivity contribution in [1.82, 2.24) is 0 Å². The molecular formula is C70H49N3. The molecule has 344 valence electrons. The Morgan fingerprint density at radius 2 is 0.356 bits per heavy atom. The van der Waals surface area contributed by atoms with E-state index in [-0.39, 0.29) is 0 Å². The molecule has 13 aromatic rings. The Morgan fingerprint density at radius 1 is 0.151 bits per heavy atom. The monoisotopic (exact) mass is 931 g/mol. The molecule has 0 heterocycles. The van der Waals surface area contributed by atoms with Gasteiger partial charge in [0.15, 0.2) is 0 Å². The van der Waals surface area contributed by atoms with Crippen LogP contribution in [0, 0.1) is 0 Å². The normalized spacial score (nSPS) is 11.3. The minimum Gasteiger partial charge on any atom is -0.310 e. The molecule has 0 radical (unpaired) electrons. The van der Waals surface area contributed by atoms with Crippen molar-refractivity contribution in [2.45, 2.75) is 0 Å².